The standard InChI is InChI=1S/C15H19N3O2S/c1-3-18(11-13-6-4-5-9-17-13)21(19,20)14-8-7-12(2)15(16)10-14/h4-10H,3,11,16H2,1-2H3. The lowest BCUT2D eigenvalue weighted by Crippen LogP contribution is -2.30. The summed E-state index contributed by atoms with van der Waals surface area (Å²) >= 11 is 0. The van der Waals surface area contributed by atoms with E-state index in [-0.39, 0.29) is 11.4 Å². The van der Waals surface area contributed by atoms with Crippen LogP contribution in [0.1, 0.15) is 18.2 Å². The molecule has 0 aliphatic heterocycles. The third kappa shape index (κ3) is 3.40. The average molecular weight is 305 g/mol. The zero-order valence-electron chi connectivity index (χ0n) is 12.2. The van der Waals surface area contributed by atoms with Crippen molar-refractivity contribution in [3.63, 3.8) is 0 Å². The summed E-state index contributed by atoms with van der Waals surface area (Å²) in [6, 6.07) is 10.3. The number of nitrogen functional groups attached to an aromatic ring is 1. The highest BCUT2D eigenvalue weighted by atomic mass is 32.2. The Bertz CT molecular complexity index is 715. The second-order valence-electron chi connectivity index (χ2n) is 4.77. The molecule has 0 saturated carbocycles. The third-order valence-electron chi connectivity index (χ3n) is 3.31. The molecule has 1 aromatic heterocycles. The number of benzene rings is 1. The van der Waals surface area contributed by atoms with E-state index in [1.807, 2.05) is 19.1 Å². The maximum atomic E-state index is 12.7. The molecule has 2 N–H and O–H groups in total. The van der Waals surface area contributed by atoms with Gasteiger partial charge in [0.15, 0.2) is 0 Å². The Labute approximate surface area is 125 Å². The van der Waals surface area contributed by atoms with E-state index in [9.17, 15) is 8.42 Å². The van der Waals surface area contributed by atoms with Crippen molar-refractivity contribution < 1.29 is 8.42 Å². The van der Waals surface area contributed by atoms with E-state index in [1.165, 1.54) is 10.4 Å². The largest absolute Gasteiger partial charge is 0.398 e. The summed E-state index contributed by atoms with van der Waals surface area (Å²) in [5.41, 5.74) is 7.87. The molecule has 1 aromatic carbocycles. The highest BCUT2D eigenvalue weighted by Gasteiger charge is 2.24. The topological polar surface area (TPSA) is 76.3 Å². The van der Waals surface area contributed by atoms with Crippen LogP contribution in [0, 0.1) is 6.92 Å². The summed E-state index contributed by atoms with van der Waals surface area (Å²) in [6.45, 7) is 4.26. The number of pyridine rings is 1. The lowest BCUT2D eigenvalue weighted by Gasteiger charge is -2.20. The number of nitrogens with zero attached hydrogens (tertiary/aromatic N) is 2. The van der Waals surface area contributed by atoms with E-state index in [0.717, 1.165) is 5.56 Å². The van der Waals surface area contributed by atoms with E-state index >= 15 is 0 Å². The van der Waals surface area contributed by atoms with Gasteiger partial charge in [0.05, 0.1) is 17.1 Å². The van der Waals surface area contributed by atoms with Crippen LogP contribution in [0.4, 0.5) is 5.69 Å². The molecule has 1 heterocycles. The lowest BCUT2D eigenvalue weighted by molar-refractivity contribution is 0.419. The molecular weight excluding hydrogens is 286 g/mol. The summed E-state index contributed by atoms with van der Waals surface area (Å²) < 4.78 is 26.7. The summed E-state index contributed by atoms with van der Waals surface area (Å²) in [5, 5.41) is 0. The molecule has 0 spiro atoms. The molecular formula is C15H19N3O2S. The normalized spacial score (nSPS) is 11.8. The van der Waals surface area contributed by atoms with E-state index in [1.54, 1.807) is 31.3 Å². The minimum Gasteiger partial charge on any atom is -0.398 e. The van der Waals surface area contributed by atoms with Gasteiger partial charge in [-0.15, -0.1) is 0 Å². The molecule has 0 unspecified atom stereocenters. The lowest BCUT2D eigenvalue weighted by atomic mass is 10.2. The second-order valence-corrected chi connectivity index (χ2v) is 6.71. The quantitative estimate of drug-likeness (QED) is 0.859. The maximum Gasteiger partial charge on any atom is 0.243 e. The van der Waals surface area contributed by atoms with Crippen LogP contribution in [0.2, 0.25) is 0 Å². The van der Waals surface area contributed by atoms with Crippen molar-refractivity contribution in [2.24, 2.45) is 0 Å². The smallest absolute Gasteiger partial charge is 0.243 e. The number of nitrogens with two attached hydrogens (primary N) is 1. The fourth-order valence-corrected chi connectivity index (χ4v) is 3.42. The molecule has 0 atom stereocenters. The molecule has 112 valence electrons. The Balaban J connectivity index is 2.33. The van der Waals surface area contributed by atoms with Crippen molar-refractivity contribution in [1.29, 1.82) is 0 Å². The Kier molecular flexibility index (Phi) is 4.59. The van der Waals surface area contributed by atoms with Gasteiger partial charge >= 0.3 is 0 Å². The van der Waals surface area contributed by atoms with Crippen LogP contribution in [0.25, 0.3) is 0 Å². The summed E-state index contributed by atoms with van der Waals surface area (Å²) in [5.74, 6) is 0. The van der Waals surface area contributed by atoms with Gasteiger partial charge in [0, 0.05) is 18.4 Å². The molecule has 21 heavy (non-hydrogen) atoms. The van der Waals surface area contributed by atoms with Crippen molar-refractivity contribution >= 4 is 15.7 Å². The molecule has 0 aliphatic rings. The number of hydrogen-bond acceptors (Lipinski definition) is 4. The van der Waals surface area contributed by atoms with E-state index in [0.29, 0.717) is 17.9 Å². The zero-order valence-corrected chi connectivity index (χ0v) is 13.0. The number of aryl methyl sites for hydroxylation is 1. The summed E-state index contributed by atoms with van der Waals surface area (Å²) in [4.78, 5) is 4.39. The van der Waals surface area contributed by atoms with Crippen molar-refractivity contribution in [3.05, 3.63) is 53.9 Å². The fourth-order valence-electron chi connectivity index (χ4n) is 1.97. The van der Waals surface area contributed by atoms with E-state index in [2.05, 4.69) is 4.98 Å². The fraction of sp³-hybridized carbons (Fsp3) is 0.267. The molecule has 0 fully saturated rings. The van der Waals surface area contributed by atoms with Crippen LogP contribution in [-0.4, -0.2) is 24.3 Å². The first kappa shape index (κ1) is 15.5. The van der Waals surface area contributed by atoms with E-state index < -0.39 is 10.0 Å². The van der Waals surface area contributed by atoms with Crippen LogP contribution < -0.4 is 5.73 Å². The summed E-state index contributed by atoms with van der Waals surface area (Å²) in [6.07, 6.45) is 1.65. The predicted octanol–water partition coefficient (Wildman–Crippen LogP) is 2.18. The van der Waals surface area contributed by atoms with Crippen LogP contribution in [0.15, 0.2) is 47.5 Å². The molecule has 2 rings (SSSR count). The monoisotopic (exact) mass is 305 g/mol. The first-order valence-corrected chi connectivity index (χ1v) is 8.15. The van der Waals surface area contributed by atoms with Gasteiger partial charge in [-0.1, -0.05) is 19.1 Å². The van der Waals surface area contributed by atoms with Crippen molar-refractivity contribution in [3.8, 4) is 0 Å². The number of anilines is 1. The first-order valence-electron chi connectivity index (χ1n) is 6.71. The highest BCUT2D eigenvalue weighted by molar-refractivity contribution is 7.89. The van der Waals surface area contributed by atoms with Gasteiger partial charge in [0.25, 0.3) is 0 Å². The molecule has 0 saturated heterocycles. The Hall–Kier alpha value is -1.92. The number of aromatic nitrogens is 1. The minimum atomic E-state index is -3.58. The predicted molar refractivity (Wildman–Crippen MR) is 83.1 cm³/mol. The number of sulfonamides is 1. The Morgan fingerprint density at radius 3 is 2.57 bits per heavy atom. The van der Waals surface area contributed by atoms with Crippen LogP contribution in [0.5, 0.6) is 0 Å². The van der Waals surface area contributed by atoms with Crippen molar-refractivity contribution in [2.45, 2.75) is 25.3 Å². The molecule has 0 bridgehead atoms. The molecule has 2 aromatic rings. The molecule has 0 radical (unpaired) electrons. The Morgan fingerprint density at radius 1 is 1.24 bits per heavy atom. The number of rotatable bonds is 5. The first-order chi connectivity index (χ1) is 9.95. The highest BCUT2D eigenvalue weighted by Crippen LogP contribution is 2.21. The van der Waals surface area contributed by atoms with E-state index in [4.69, 9.17) is 5.73 Å². The van der Waals surface area contributed by atoms with Gasteiger partial charge in [-0.25, -0.2) is 8.42 Å². The van der Waals surface area contributed by atoms with Crippen molar-refractivity contribution in [1.82, 2.24) is 9.29 Å². The maximum absolute atomic E-state index is 12.7. The van der Waals surface area contributed by atoms with Gasteiger partial charge < -0.3 is 5.73 Å². The summed E-state index contributed by atoms with van der Waals surface area (Å²) in [7, 11) is -3.58. The van der Waals surface area contributed by atoms with Crippen LogP contribution >= 0.6 is 0 Å². The van der Waals surface area contributed by atoms with Crippen LogP contribution in [-0.2, 0) is 16.6 Å². The molecule has 0 amide bonds. The zero-order chi connectivity index (χ0) is 15.5. The van der Waals surface area contributed by atoms with Gasteiger partial charge in [0.1, 0.15) is 0 Å². The van der Waals surface area contributed by atoms with Gasteiger partial charge in [0.2, 0.25) is 10.0 Å². The molecule has 0 aliphatic carbocycles. The number of hydrogen-bond donors (Lipinski definition) is 1. The van der Waals surface area contributed by atoms with Gasteiger partial charge in [-0.2, -0.15) is 4.31 Å². The van der Waals surface area contributed by atoms with Crippen molar-refractivity contribution in [2.75, 3.05) is 12.3 Å². The van der Waals surface area contributed by atoms with Gasteiger partial charge in [-0.05, 0) is 36.8 Å². The third-order valence-corrected chi connectivity index (χ3v) is 5.22. The van der Waals surface area contributed by atoms with Gasteiger partial charge in [-0.3, -0.25) is 4.98 Å². The average Bonchev–Trinajstić information content (AvgIpc) is 2.48. The Morgan fingerprint density at radius 2 is 2.00 bits per heavy atom. The SMILES string of the molecule is CCN(Cc1ccccn1)S(=O)(=O)c1ccc(C)c(N)c1. The molecule has 5 nitrogen and oxygen atoms in total. The molecule has 6 heteroatoms. The second kappa shape index (κ2) is 6.24. The minimum absolute atomic E-state index is 0.211. The van der Waals surface area contributed by atoms with Crippen LogP contribution in [0.3, 0.4) is 0 Å².